The number of ether oxygens (including phenoxy) is 1. The highest BCUT2D eigenvalue weighted by molar-refractivity contribution is 6.05. The Morgan fingerprint density at radius 3 is 2.56 bits per heavy atom. The molecule has 8 nitrogen and oxygen atoms in total. The Morgan fingerprint density at radius 1 is 1.26 bits per heavy atom. The van der Waals surface area contributed by atoms with E-state index in [0.29, 0.717) is 5.56 Å². The number of carbonyl (C=O) groups is 1. The topological polar surface area (TPSA) is 115 Å². The van der Waals surface area contributed by atoms with Crippen LogP contribution in [0.1, 0.15) is 22.8 Å². The van der Waals surface area contributed by atoms with Crippen LogP contribution in [-0.2, 0) is 4.74 Å². The molecule has 0 saturated carbocycles. The Morgan fingerprint density at radius 2 is 1.96 bits per heavy atom. The molecule has 8 heteroatoms. The summed E-state index contributed by atoms with van der Waals surface area (Å²) in [6, 6.07) is 12.0. The minimum atomic E-state index is -0.689. The van der Waals surface area contributed by atoms with E-state index in [1.165, 1.54) is 34.9 Å². The first-order valence-corrected chi connectivity index (χ1v) is 7.99. The van der Waals surface area contributed by atoms with Gasteiger partial charge in [-0.3, -0.25) is 19.3 Å². The van der Waals surface area contributed by atoms with Crippen molar-refractivity contribution in [2.45, 2.75) is 6.92 Å². The molecule has 3 rings (SSSR count). The third-order valence-corrected chi connectivity index (χ3v) is 4.01. The van der Waals surface area contributed by atoms with Gasteiger partial charge in [0.15, 0.2) is 0 Å². The summed E-state index contributed by atoms with van der Waals surface area (Å²) in [7, 11) is 0. The average Bonchev–Trinajstić information content (AvgIpc) is 2.68. The minimum absolute atomic E-state index is 0.0578. The predicted molar refractivity (Wildman–Crippen MR) is 96.4 cm³/mol. The van der Waals surface area contributed by atoms with Gasteiger partial charge in [0.1, 0.15) is 11.6 Å². The molecular formula is C19H13N3O5. The zero-order chi connectivity index (χ0) is 19.6. The number of hydrogen-bond donors (Lipinski definition) is 0. The van der Waals surface area contributed by atoms with Crippen molar-refractivity contribution in [3.05, 3.63) is 80.3 Å². The Kier molecular flexibility index (Phi) is 4.68. The number of non-ortho nitro benzene ring substituents is 1. The second-order valence-electron chi connectivity index (χ2n) is 5.52. The Balaban J connectivity index is 2.44. The maximum atomic E-state index is 12.7. The average molecular weight is 363 g/mol. The van der Waals surface area contributed by atoms with Crippen LogP contribution in [0.2, 0.25) is 0 Å². The number of aromatic nitrogens is 1. The van der Waals surface area contributed by atoms with Crippen molar-refractivity contribution in [3.8, 4) is 17.2 Å². The molecule has 0 radical (unpaired) electrons. The zero-order valence-electron chi connectivity index (χ0n) is 14.2. The van der Waals surface area contributed by atoms with Crippen LogP contribution in [0.15, 0.2) is 53.5 Å². The van der Waals surface area contributed by atoms with E-state index in [-0.39, 0.29) is 34.5 Å². The molecule has 3 aromatic rings. The van der Waals surface area contributed by atoms with Crippen molar-refractivity contribution in [1.29, 1.82) is 5.26 Å². The number of esters is 1. The first kappa shape index (κ1) is 17.8. The van der Waals surface area contributed by atoms with Gasteiger partial charge >= 0.3 is 5.97 Å². The van der Waals surface area contributed by atoms with Gasteiger partial charge < -0.3 is 4.74 Å². The van der Waals surface area contributed by atoms with Gasteiger partial charge in [0.05, 0.1) is 22.6 Å². The van der Waals surface area contributed by atoms with Gasteiger partial charge in [-0.15, -0.1) is 0 Å². The molecule has 0 aliphatic heterocycles. The number of nitrogens with zero attached hydrogens (tertiary/aromatic N) is 3. The number of nitro benzene ring substituents is 1. The standard InChI is InChI=1S/C19H13N3O5/c1-2-27-19(24)17-15-5-3-4-10-21(15)18(23)14(11-20)16(17)12-6-8-13(9-7-12)22(25)26/h3-10H,2H2,1H3. The molecule has 1 aromatic carbocycles. The Labute approximate surface area is 153 Å². The van der Waals surface area contributed by atoms with E-state index in [2.05, 4.69) is 0 Å². The van der Waals surface area contributed by atoms with Crippen LogP contribution in [0.25, 0.3) is 16.6 Å². The minimum Gasteiger partial charge on any atom is -0.462 e. The molecular weight excluding hydrogens is 350 g/mol. The van der Waals surface area contributed by atoms with Crippen molar-refractivity contribution in [2.24, 2.45) is 0 Å². The lowest BCUT2D eigenvalue weighted by molar-refractivity contribution is -0.384. The number of hydrogen-bond acceptors (Lipinski definition) is 6. The molecule has 0 aliphatic carbocycles. The van der Waals surface area contributed by atoms with Gasteiger partial charge in [0.2, 0.25) is 0 Å². The number of benzene rings is 1. The molecule has 27 heavy (non-hydrogen) atoms. The molecule has 0 aliphatic rings. The van der Waals surface area contributed by atoms with Crippen LogP contribution in [0.3, 0.4) is 0 Å². The van der Waals surface area contributed by atoms with Gasteiger partial charge in [-0.2, -0.15) is 5.26 Å². The lowest BCUT2D eigenvalue weighted by atomic mass is 9.94. The Bertz CT molecular complexity index is 1160. The summed E-state index contributed by atoms with van der Waals surface area (Å²) in [6.07, 6.45) is 1.46. The summed E-state index contributed by atoms with van der Waals surface area (Å²) in [5.74, 6) is -0.689. The number of pyridine rings is 2. The van der Waals surface area contributed by atoms with Gasteiger partial charge in [-0.1, -0.05) is 6.07 Å². The van der Waals surface area contributed by atoms with Crippen LogP contribution in [0, 0.1) is 21.4 Å². The van der Waals surface area contributed by atoms with E-state index in [9.17, 15) is 25.0 Å². The van der Waals surface area contributed by atoms with Crippen LogP contribution in [0.5, 0.6) is 0 Å². The van der Waals surface area contributed by atoms with E-state index in [4.69, 9.17) is 4.74 Å². The molecule has 0 unspecified atom stereocenters. The molecule has 2 heterocycles. The third kappa shape index (κ3) is 3.02. The first-order chi connectivity index (χ1) is 13.0. The number of rotatable bonds is 4. The quantitative estimate of drug-likeness (QED) is 0.400. The van der Waals surface area contributed by atoms with Crippen LogP contribution in [-0.4, -0.2) is 21.9 Å². The summed E-state index contributed by atoms with van der Waals surface area (Å²) in [5, 5.41) is 20.5. The van der Waals surface area contributed by atoms with Crippen molar-refractivity contribution in [2.75, 3.05) is 6.61 Å². The van der Waals surface area contributed by atoms with Crippen LogP contribution >= 0.6 is 0 Å². The smallest absolute Gasteiger partial charge is 0.340 e. The summed E-state index contributed by atoms with van der Waals surface area (Å²) >= 11 is 0. The highest BCUT2D eigenvalue weighted by atomic mass is 16.6. The molecule has 2 aromatic heterocycles. The van der Waals surface area contributed by atoms with Gasteiger partial charge in [0, 0.05) is 23.9 Å². The van der Waals surface area contributed by atoms with Crippen LogP contribution in [0.4, 0.5) is 5.69 Å². The second kappa shape index (κ2) is 7.09. The zero-order valence-corrected chi connectivity index (χ0v) is 14.2. The largest absolute Gasteiger partial charge is 0.462 e. The summed E-state index contributed by atoms with van der Waals surface area (Å²) in [6.45, 7) is 1.75. The second-order valence-corrected chi connectivity index (χ2v) is 5.52. The number of nitro groups is 1. The number of nitriles is 1. The fourth-order valence-electron chi connectivity index (χ4n) is 2.86. The molecule has 0 N–H and O–H groups in total. The maximum Gasteiger partial charge on any atom is 0.340 e. The summed E-state index contributed by atoms with van der Waals surface area (Å²) in [5.41, 5.74) is -0.195. The maximum absolute atomic E-state index is 12.7. The van der Waals surface area contributed by atoms with Crippen molar-refractivity contribution < 1.29 is 14.5 Å². The fraction of sp³-hybridized carbons (Fsp3) is 0.105. The van der Waals surface area contributed by atoms with Crippen molar-refractivity contribution in [1.82, 2.24) is 4.40 Å². The normalized spacial score (nSPS) is 10.4. The molecule has 134 valence electrons. The number of fused-ring (bicyclic) bond motifs is 1. The summed E-state index contributed by atoms with van der Waals surface area (Å²) in [4.78, 5) is 35.7. The molecule has 0 atom stereocenters. The predicted octanol–water partition coefficient (Wildman–Crippen LogP) is 2.92. The van der Waals surface area contributed by atoms with E-state index >= 15 is 0 Å². The molecule has 0 bridgehead atoms. The van der Waals surface area contributed by atoms with Gasteiger partial charge in [-0.05, 0) is 36.8 Å². The Hall–Kier alpha value is -3.99. The molecule has 0 spiro atoms. The fourth-order valence-corrected chi connectivity index (χ4v) is 2.86. The van der Waals surface area contributed by atoms with E-state index < -0.39 is 16.5 Å². The van der Waals surface area contributed by atoms with E-state index in [0.717, 1.165) is 0 Å². The lowest BCUT2D eigenvalue weighted by Crippen LogP contribution is -2.22. The highest BCUT2D eigenvalue weighted by Crippen LogP contribution is 2.30. The third-order valence-electron chi connectivity index (χ3n) is 4.01. The summed E-state index contributed by atoms with van der Waals surface area (Å²) < 4.78 is 6.34. The van der Waals surface area contributed by atoms with E-state index in [1.807, 2.05) is 6.07 Å². The van der Waals surface area contributed by atoms with E-state index in [1.54, 1.807) is 25.1 Å². The monoisotopic (exact) mass is 363 g/mol. The first-order valence-electron chi connectivity index (χ1n) is 7.99. The molecule has 0 saturated heterocycles. The SMILES string of the molecule is CCOC(=O)c1c(-c2ccc([N+](=O)[O-])cc2)c(C#N)c(=O)n2ccccc12. The lowest BCUT2D eigenvalue weighted by Gasteiger charge is -2.14. The molecule has 0 fully saturated rings. The van der Waals surface area contributed by atoms with Gasteiger partial charge in [-0.25, -0.2) is 4.79 Å². The van der Waals surface area contributed by atoms with Gasteiger partial charge in [0.25, 0.3) is 11.2 Å². The number of carbonyl (C=O) groups excluding carboxylic acids is 1. The highest BCUT2D eigenvalue weighted by Gasteiger charge is 2.25. The van der Waals surface area contributed by atoms with Crippen LogP contribution < -0.4 is 5.56 Å². The van der Waals surface area contributed by atoms with Crippen molar-refractivity contribution in [3.63, 3.8) is 0 Å². The van der Waals surface area contributed by atoms with Crippen molar-refractivity contribution >= 4 is 17.2 Å². The molecule has 0 amide bonds.